The van der Waals surface area contributed by atoms with E-state index in [9.17, 15) is 9.18 Å². The van der Waals surface area contributed by atoms with Crippen LogP contribution in [0.5, 0.6) is 0 Å². The van der Waals surface area contributed by atoms with E-state index in [1.807, 2.05) is 0 Å². The summed E-state index contributed by atoms with van der Waals surface area (Å²) in [5.74, 6) is -0.347. The third-order valence-electron chi connectivity index (χ3n) is 2.37. The van der Waals surface area contributed by atoms with Gasteiger partial charge in [-0.1, -0.05) is 0 Å². The van der Waals surface area contributed by atoms with Crippen molar-refractivity contribution in [3.05, 3.63) is 28.5 Å². The highest BCUT2D eigenvalue weighted by Crippen LogP contribution is 2.17. The van der Waals surface area contributed by atoms with Gasteiger partial charge in [0, 0.05) is 11.9 Å². The van der Waals surface area contributed by atoms with E-state index in [0.717, 1.165) is 5.69 Å². The molecule has 1 aliphatic heterocycles. The molecular weight excluding hydrogens is 215 g/mol. The van der Waals surface area contributed by atoms with E-state index in [-0.39, 0.29) is 18.3 Å². The van der Waals surface area contributed by atoms with Gasteiger partial charge < -0.3 is 4.90 Å². The molecule has 0 aliphatic carbocycles. The number of carbonyl (C=O) groups excluding carboxylic acids is 1. The molecule has 0 saturated carbocycles. The predicted molar refractivity (Wildman–Crippen MR) is 56.6 cm³/mol. The molecule has 0 spiro atoms. The molecule has 0 atom stereocenters. The van der Waals surface area contributed by atoms with Gasteiger partial charge in [-0.15, -0.1) is 0 Å². The monoisotopic (exact) mass is 226 g/mol. The Kier molecular flexibility index (Phi) is 2.81. The Hall–Kier alpha value is -1.23. The molecule has 3 nitrogen and oxygen atoms in total. The number of rotatable bonds is 1. The molecular formula is C10H11FN2OS. The molecule has 0 bridgehead atoms. The van der Waals surface area contributed by atoms with Gasteiger partial charge in [0.2, 0.25) is 0 Å². The zero-order chi connectivity index (χ0) is 10.8. The number of aromatic nitrogens is 1. The van der Waals surface area contributed by atoms with Gasteiger partial charge in [0.1, 0.15) is 5.83 Å². The zero-order valence-electron chi connectivity index (χ0n) is 8.36. The lowest BCUT2D eigenvalue weighted by Crippen LogP contribution is -2.35. The second-order valence-electron chi connectivity index (χ2n) is 3.48. The quantitative estimate of drug-likeness (QED) is 0.735. The lowest BCUT2D eigenvalue weighted by molar-refractivity contribution is 0.0755. The Morgan fingerprint density at radius 1 is 1.67 bits per heavy atom. The molecule has 5 heteroatoms. The van der Waals surface area contributed by atoms with Crippen LogP contribution in [-0.2, 0) is 0 Å². The number of hydrogen-bond donors (Lipinski definition) is 0. The number of nitrogens with zero attached hydrogens (tertiary/aromatic N) is 2. The molecule has 1 aromatic heterocycles. The second-order valence-corrected chi connectivity index (χ2v) is 4.11. The minimum atomic E-state index is -0.226. The molecule has 80 valence electrons. The molecule has 15 heavy (non-hydrogen) atoms. The van der Waals surface area contributed by atoms with Crippen LogP contribution in [0.2, 0.25) is 0 Å². The Bertz CT molecular complexity index is 413. The molecule has 0 fully saturated rings. The largest absolute Gasteiger partial charge is 0.332 e. The first kappa shape index (κ1) is 10.3. The Labute approximate surface area is 91.4 Å². The van der Waals surface area contributed by atoms with Crippen molar-refractivity contribution in [1.82, 2.24) is 9.27 Å². The molecule has 0 saturated heterocycles. The first-order valence-corrected chi connectivity index (χ1v) is 5.57. The second kappa shape index (κ2) is 4.10. The van der Waals surface area contributed by atoms with Gasteiger partial charge in [-0.25, -0.2) is 4.39 Å². The number of halogens is 1. The summed E-state index contributed by atoms with van der Waals surface area (Å²) in [6.07, 6.45) is 2.12. The summed E-state index contributed by atoms with van der Waals surface area (Å²) < 4.78 is 17.0. The van der Waals surface area contributed by atoms with Crippen LogP contribution in [0.1, 0.15) is 22.5 Å². The maximum atomic E-state index is 13.0. The average Bonchev–Trinajstić information content (AvgIpc) is 2.63. The lowest BCUT2D eigenvalue weighted by atomic mass is 10.2. The van der Waals surface area contributed by atoms with Crippen LogP contribution in [0, 0.1) is 6.92 Å². The molecule has 0 unspecified atom stereocenters. The summed E-state index contributed by atoms with van der Waals surface area (Å²) in [5, 5.41) is 1.72. The first-order valence-electron chi connectivity index (χ1n) is 4.73. The molecule has 1 aliphatic rings. The summed E-state index contributed by atoms with van der Waals surface area (Å²) in [7, 11) is 0. The zero-order valence-corrected chi connectivity index (χ0v) is 9.18. The summed E-state index contributed by atoms with van der Waals surface area (Å²) in [6, 6.07) is 0. The molecule has 2 rings (SSSR count). The summed E-state index contributed by atoms with van der Waals surface area (Å²) >= 11 is 1.25. The van der Waals surface area contributed by atoms with Crippen LogP contribution in [0.15, 0.2) is 17.3 Å². The van der Waals surface area contributed by atoms with Crippen molar-refractivity contribution >= 4 is 17.4 Å². The van der Waals surface area contributed by atoms with Gasteiger partial charge in [-0.05, 0) is 31.0 Å². The minimum Gasteiger partial charge on any atom is -0.332 e. The lowest BCUT2D eigenvalue weighted by Gasteiger charge is -2.24. The van der Waals surface area contributed by atoms with E-state index < -0.39 is 0 Å². The van der Waals surface area contributed by atoms with Gasteiger partial charge in [0.15, 0.2) is 0 Å². The predicted octanol–water partition coefficient (Wildman–Crippen LogP) is 2.15. The van der Waals surface area contributed by atoms with Crippen LogP contribution in [0.3, 0.4) is 0 Å². The van der Waals surface area contributed by atoms with Crippen molar-refractivity contribution in [3.63, 3.8) is 0 Å². The van der Waals surface area contributed by atoms with Crippen molar-refractivity contribution < 1.29 is 9.18 Å². The third-order valence-corrected chi connectivity index (χ3v) is 3.09. The Balaban J connectivity index is 2.16. The number of aryl methyl sites for hydroxylation is 1. The molecule has 2 heterocycles. The first-order chi connectivity index (χ1) is 7.18. The van der Waals surface area contributed by atoms with Gasteiger partial charge >= 0.3 is 0 Å². The Morgan fingerprint density at radius 3 is 3.07 bits per heavy atom. The standard InChI is InChI=1S/C10H11FN2OS/c1-7-9(6-15-12-7)10(14)13-4-2-3-8(11)5-13/h3,6H,2,4-5H2,1H3. The third kappa shape index (κ3) is 2.07. The van der Waals surface area contributed by atoms with E-state index >= 15 is 0 Å². The fourth-order valence-corrected chi connectivity index (χ4v) is 2.23. The van der Waals surface area contributed by atoms with Crippen molar-refractivity contribution in [2.75, 3.05) is 13.1 Å². The van der Waals surface area contributed by atoms with Crippen LogP contribution >= 0.6 is 11.5 Å². The van der Waals surface area contributed by atoms with Crippen LogP contribution in [0.4, 0.5) is 4.39 Å². The smallest absolute Gasteiger partial charge is 0.256 e. The highest BCUT2D eigenvalue weighted by molar-refractivity contribution is 7.03. The molecule has 1 aromatic rings. The molecule has 0 N–H and O–H groups in total. The summed E-state index contributed by atoms with van der Waals surface area (Å²) in [4.78, 5) is 13.4. The molecule has 1 amide bonds. The average molecular weight is 226 g/mol. The van der Waals surface area contributed by atoms with Crippen molar-refractivity contribution in [2.24, 2.45) is 0 Å². The maximum absolute atomic E-state index is 13.0. The number of carbonyl (C=O) groups is 1. The summed E-state index contributed by atoms with van der Waals surface area (Å²) in [5.41, 5.74) is 1.31. The van der Waals surface area contributed by atoms with Crippen molar-refractivity contribution in [2.45, 2.75) is 13.3 Å². The van der Waals surface area contributed by atoms with Gasteiger partial charge in [0.25, 0.3) is 5.91 Å². The number of amides is 1. The summed E-state index contributed by atoms with van der Waals surface area (Å²) in [6.45, 7) is 2.47. The van der Waals surface area contributed by atoms with Crippen LogP contribution < -0.4 is 0 Å². The fraction of sp³-hybridized carbons (Fsp3) is 0.400. The van der Waals surface area contributed by atoms with Crippen molar-refractivity contribution in [3.8, 4) is 0 Å². The van der Waals surface area contributed by atoms with Crippen LogP contribution in [0.25, 0.3) is 0 Å². The van der Waals surface area contributed by atoms with Gasteiger partial charge in [-0.3, -0.25) is 4.79 Å². The van der Waals surface area contributed by atoms with E-state index in [1.54, 1.807) is 12.3 Å². The topological polar surface area (TPSA) is 33.2 Å². The Morgan fingerprint density at radius 2 is 2.47 bits per heavy atom. The van der Waals surface area contributed by atoms with E-state index in [1.165, 1.54) is 22.5 Å². The SMILES string of the molecule is Cc1nscc1C(=O)N1CCC=C(F)C1. The number of hydrogen-bond acceptors (Lipinski definition) is 3. The highest BCUT2D eigenvalue weighted by Gasteiger charge is 2.21. The molecule has 0 radical (unpaired) electrons. The minimum absolute atomic E-state index is 0.0914. The van der Waals surface area contributed by atoms with E-state index in [0.29, 0.717) is 18.5 Å². The molecule has 0 aromatic carbocycles. The van der Waals surface area contributed by atoms with Crippen molar-refractivity contribution in [1.29, 1.82) is 0 Å². The maximum Gasteiger partial charge on any atom is 0.256 e. The van der Waals surface area contributed by atoms with Gasteiger partial charge in [-0.2, -0.15) is 4.37 Å². The highest BCUT2D eigenvalue weighted by atomic mass is 32.1. The van der Waals surface area contributed by atoms with Gasteiger partial charge in [0.05, 0.1) is 17.8 Å². The van der Waals surface area contributed by atoms with Crippen LogP contribution in [-0.4, -0.2) is 28.3 Å². The fourth-order valence-electron chi connectivity index (χ4n) is 1.54. The normalized spacial score (nSPS) is 16.4. The van der Waals surface area contributed by atoms with E-state index in [2.05, 4.69) is 4.37 Å². The van der Waals surface area contributed by atoms with E-state index in [4.69, 9.17) is 0 Å².